The van der Waals surface area contributed by atoms with Gasteiger partial charge < -0.3 is 9.80 Å². The van der Waals surface area contributed by atoms with Gasteiger partial charge in [0.15, 0.2) is 5.54 Å². The number of aryl methyl sites for hydroxylation is 1. The molecule has 1 aromatic rings. The lowest BCUT2D eigenvalue weighted by atomic mass is 9.77. The molecule has 0 N–H and O–H groups in total. The van der Waals surface area contributed by atoms with E-state index in [1.54, 1.807) is 0 Å². The van der Waals surface area contributed by atoms with E-state index in [-0.39, 0.29) is 22.2 Å². The molecule has 7 nitrogen and oxygen atoms in total. The normalized spacial score (nSPS) is 30.2. The number of piperidine rings is 2. The van der Waals surface area contributed by atoms with E-state index in [4.69, 9.17) is 15.0 Å². The number of hydrogen-bond donors (Lipinski definition) is 0. The first-order chi connectivity index (χ1) is 14.9. The van der Waals surface area contributed by atoms with Crippen LogP contribution in [-0.4, -0.2) is 87.2 Å². The molecule has 0 aliphatic carbocycles. The van der Waals surface area contributed by atoms with Gasteiger partial charge in [-0.2, -0.15) is 15.0 Å². The largest absolute Gasteiger partial charge is 0.341 e. The Kier molecular flexibility index (Phi) is 6.51. The molecule has 7 heteroatoms. The van der Waals surface area contributed by atoms with Crippen molar-refractivity contribution >= 4 is 11.9 Å². The summed E-state index contributed by atoms with van der Waals surface area (Å²) in [4.78, 5) is 24.0. The minimum Gasteiger partial charge on any atom is -0.341 e. The van der Waals surface area contributed by atoms with Gasteiger partial charge in [0.25, 0.3) is 0 Å². The molecule has 0 aromatic carbocycles. The SMILES string of the molecule is [CH2+]C1(C)CC(N(C)c2nc(C)nc(N(C)C3CC(C)(C)N(C)C(C)(C)C3)n2)CC(C)(C)N1C. The lowest BCUT2D eigenvalue weighted by Crippen LogP contribution is -2.62. The van der Waals surface area contributed by atoms with Crippen molar-refractivity contribution in [1.29, 1.82) is 0 Å². The van der Waals surface area contributed by atoms with E-state index < -0.39 is 0 Å². The van der Waals surface area contributed by atoms with E-state index >= 15 is 0 Å². The summed E-state index contributed by atoms with van der Waals surface area (Å²) in [5.74, 6) is 2.30. The van der Waals surface area contributed by atoms with Crippen molar-refractivity contribution < 1.29 is 0 Å². The second-order valence-corrected chi connectivity index (χ2v) is 12.9. The van der Waals surface area contributed by atoms with Gasteiger partial charge in [-0.25, -0.2) is 0 Å². The van der Waals surface area contributed by atoms with Crippen LogP contribution in [0.4, 0.5) is 11.9 Å². The standard InChI is InChI=1S/C26H48N7/c1-18-27-21(30(10)19-14-23(2,3)32(12)24(4,5)15-19)29-22(28-18)31(11)20-16-25(6,7)33(13)26(8,9)17-20/h19-20H,2,14-17H2,1,3-13H3/q+1. The molecule has 2 saturated heterocycles. The number of anilines is 2. The Morgan fingerprint density at radius 3 is 1.45 bits per heavy atom. The van der Waals surface area contributed by atoms with Gasteiger partial charge in [0.1, 0.15) is 5.82 Å². The maximum absolute atomic E-state index is 4.99. The monoisotopic (exact) mass is 458 g/mol. The third-order valence-corrected chi connectivity index (χ3v) is 8.86. The van der Waals surface area contributed by atoms with E-state index in [9.17, 15) is 0 Å². The van der Waals surface area contributed by atoms with E-state index in [2.05, 4.69) is 103 Å². The molecule has 2 atom stereocenters. The fraction of sp³-hybridized carbons (Fsp3) is 0.846. The fourth-order valence-corrected chi connectivity index (χ4v) is 6.12. The molecule has 1 aromatic heterocycles. The van der Waals surface area contributed by atoms with Crippen LogP contribution in [0, 0.1) is 13.8 Å². The molecule has 2 aliphatic rings. The summed E-state index contributed by atoms with van der Waals surface area (Å²) in [5.41, 5.74) is 0.148. The molecular weight excluding hydrogens is 410 g/mol. The van der Waals surface area contributed by atoms with Crippen LogP contribution >= 0.6 is 0 Å². The predicted octanol–water partition coefficient (Wildman–Crippen LogP) is 4.17. The Balaban J connectivity index is 1.88. The Labute approximate surface area is 203 Å². The molecular formula is C26H48N7+. The Bertz CT molecular complexity index is 758. The molecule has 33 heavy (non-hydrogen) atoms. The van der Waals surface area contributed by atoms with Crippen LogP contribution in [0.5, 0.6) is 0 Å². The third kappa shape index (κ3) is 4.95. The number of hydrogen-bond acceptors (Lipinski definition) is 7. The zero-order valence-corrected chi connectivity index (χ0v) is 23.3. The summed E-state index contributed by atoms with van der Waals surface area (Å²) >= 11 is 0. The zero-order valence-electron chi connectivity index (χ0n) is 23.3. The molecule has 0 radical (unpaired) electrons. The first kappa shape index (κ1) is 26.0. The van der Waals surface area contributed by atoms with Gasteiger partial charge in [-0.3, -0.25) is 9.80 Å². The van der Waals surface area contributed by atoms with E-state index in [1.807, 2.05) is 6.92 Å². The average Bonchev–Trinajstić information content (AvgIpc) is 2.67. The van der Waals surface area contributed by atoms with Crippen LogP contribution in [0.3, 0.4) is 0 Å². The number of aromatic nitrogens is 3. The van der Waals surface area contributed by atoms with Gasteiger partial charge in [-0.05, 0) is 88.7 Å². The van der Waals surface area contributed by atoms with Crippen molar-refractivity contribution in [2.45, 2.75) is 115 Å². The summed E-state index contributed by atoms with van der Waals surface area (Å²) in [6.45, 7) is 22.7. The smallest absolute Gasteiger partial charge is 0.230 e. The summed E-state index contributed by atoms with van der Waals surface area (Å²) in [6, 6.07) is 0.691. The summed E-state index contributed by atoms with van der Waals surface area (Å²) < 4.78 is 0. The highest BCUT2D eigenvalue weighted by Crippen LogP contribution is 2.41. The van der Waals surface area contributed by atoms with Gasteiger partial charge in [-0.1, -0.05) is 0 Å². The second kappa shape index (κ2) is 8.26. The maximum atomic E-state index is 4.99. The van der Waals surface area contributed by atoms with Crippen molar-refractivity contribution in [3.63, 3.8) is 0 Å². The molecule has 186 valence electrons. The quantitative estimate of drug-likeness (QED) is 0.628. The summed E-state index contributed by atoms with van der Waals surface area (Å²) in [7, 11) is 8.71. The van der Waals surface area contributed by atoms with Crippen LogP contribution in [0.1, 0.15) is 80.0 Å². The van der Waals surface area contributed by atoms with Crippen LogP contribution in [0.25, 0.3) is 0 Å². The van der Waals surface area contributed by atoms with Crippen LogP contribution in [0.15, 0.2) is 0 Å². The molecule has 0 saturated carbocycles. The van der Waals surface area contributed by atoms with Gasteiger partial charge >= 0.3 is 0 Å². The number of rotatable bonds is 4. The average molecular weight is 459 g/mol. The van der Waals surface area contributed by atoms with Crippen LogP contribution in [0.2, 0.25) is 0 Å². The van der Waals surface area contributed by atoms with Gasteiger partial charge in [-0.15, -0.1) is 0 Å². The van der Waals surface area contributed by atoms with Crippen LogP contribution < -0.4 is 9.80 Å². The predicted molar refractivity (Wildman–Crippen MR) is 139 cm³/mol. The third-order valence-electron chi connectivity index (χ3n) is 8.86. The number of likely N-dealkylation sites (tertiary alicyclic amines) is 2. The minimum atomic E-state index is -0.131. The van der Waals surface area contributed by atoms with Gasteiger partial charge in [0, 0.05) is 49.2 Å². The van der Waals surface area contributed by atoms with Crippen LogP contribution in [-0.2, 0) is 0 Å². The molecule has 0 amide bonds. The number of nitrogens with zero attached hydrogens (tertiary/aromatic N) is 7. The molecule has 2 aliphatic heterocycles. The highest BCUT2D eigenvalue weighted by atomic mass is 15.4. The lowest BCUT2D eigenvalue weighted by Gasteiger charge is -2.55. The van der Waals surface area contributed by atoms with Crippen molar-refractivity contribution in [2.24, 2.45) is 0 Å². The summed E-state index contributed by atoms with van der Waals surface area (Å²) in [6.07, 6.45) is 4.15. The molecule has 0 spiro atoms. The minimum absolute atomic E-state index is 0.0562. The molecule has 3 heterocycles. The molecule has 2 unspecified atom stereocenters. The Morgan fingerprint density at radius 2 is 1.06 bits per heavy atom. The first-order valence-corrected chi connectivity index (χ1v) is 12.4. The zero-order chi connectivity index (χ0) is 25.1. The summed E-state index contributed by atoms with van der Waals surface area (Å²) in [5, 5.41) is 0. The first-order valence-electron chi connectivity index (χ1n) is 12.4. The second-order valence-electron chi connectivity index (χ2n) is 12.9. The highest BCUT2D eigenvalue weighted by Gasteiger charge is 2.49. The molecule has 3 rings (SSSR count). The lowest BCUT2D eigenvalue weighted by molar-refractivity contribution is -0.0121. The Morgan fingerprint density at radius 1 is 0.697 bits per heavy atom. The van der Waals surface area contributed by atoms with Crippen molar-refractivity contribution in [3.8, 4) is 0 Å². The molecule has 0 bridgehead atoms. The van der Waals surface area contributed by atoms with Crippen molar-refractivity contribution in [1.82, 2.24) is 24.8 Å². The highest BCUT2D eigenvalue weighted by molar-refractivity contribution is 5.40. The topological polar surface area (TPSA) is 51.6 Å². The molecule has 2 fully saturated rings. The van der Waals surface area contributed by atoms with E-state index in [1.165, 1.54) is 0 Å². The van der Waals surface area contributed by atoms with E-state index in [0.717, 1.165) is 43.4 Å². The van der Waals surface area contributed by atoms with E-state index in [0.29, 0.717) is 12.1 Å². The Hall–Kier alpha value is -1.60. The van der Waals surface area contributed by atoms with Crippen molar-refractivity contribution in [2.75, 3.05) is 38.0 Å². The van der Waals surface area contributed by atoms with Crippen molar-refractivity contribution in [3.05, 3.63) is 12.7 Å². The maximum Gasteiger partial charge on any atom is 0.230 e. The van der Waals surface area contributed by atoms with Gasteiger partial charge in [0.05, 0.1) is 6.92 Å². The van der Waals surface area contributed by atoms with Gasteiger partial charge in [0.2, 0.25) is 11.9 Å². The fourth-order valence-electron chi connectivity index (χ4n) is 6.12.